The number of H-pyrrole nitrogens is 1. The van der Waals surface area contributed by atoms with Crippen molar-refractivity contribution in [1.29, 1.82) is 0 Å². The van der Waals surface area contributed by atoms with Gasteiger partial charge in [-0.25, -0.2) is 0 Å². The molecule has 2 unspecified atom stereocenters. The Morgan fingerprint density at radius 1 is 0.714 bits per heavy atom. The molecule has 2 aliphatic rings. The monoisotopic (exact) mass is 680 g/mol. The van der Waals surface area contributed by atoms with E-state index in [1.165, 1.54) is 17.2 Å². The van der Waals surface area contributed by atoms with Crippen molar-refractivity contribution in [3.63, 3.8) is 0 Å². The average molecular weight is 681 g/mol. The van der Waals surface area contributed by atoms with Gasteiger partial charge in [0.25, 0.3) is 5.56 Å². The number of epoxide rings is 2. The van der Waals surface area contributed by atoms with Crippen LogP contribution in [0, 0.1) is 27.7 Å². The van der Waals surface area contributed by atoms with Gasteiger partial charge in [-0.1, -0.05) is 58.8 Å². The first kappa shape index (κ1) is 33.9. The zero-order valence-corrected chi connectivity index (χ0v) is 28.5. The number of rotatable bonds is 7. The summed E-state index contributed by atoms with van der Waals surface area (Å²) in [5, 5.41) is 7.83. The maximum atomic E-state index is 12.2. The van der Waals surface area contributed by atoms with Gasteiger partial charge in [0.1, 0.15) is 23.7 Å². The predicted octanol–water partition coefficient (Wildman–Crippen LogP) is 7.38. The molecule has 0 saturated carbocycles. The lowest BCUT2D eigenvalue weighted by atomic mass is 10.1. The number of aryl methyl sites for hydroxylation is 4. The van der Waals surface area contributed by atoms with Gasteiger partial charge in [0.05, 0.1) is 31.1 Å². The first-order valence-electron chi connectivity index (χ1n) is 15.9. The number of halogens is 1. The molecular formula is C38H37ClN4O6. The summed E-state index contributed by atoms with van der Waals surface area (Å²) in [5.41, 5.74) is 9.96. The molecule has 2 aliphatic heterocycles. The maximum absolute atomic E-state index is 12.2. The quantitative estimate of drug-likeness (QED) is 0.136. The van der Waals surface area contributed by atoms with Gasteiger partial charge in [0.2, 0.25) is 5.56 Å². The minimum Gasteiger partial charge on any atom is -0.368 e. The SMILES string of the molecule is Cc1noc(C)c1-c1ccc(=O)[nH]c1.Cc1noc(C)c1-c1ccc(=O)n(Cc2ccc(C3CO3)cc2)c1.ClCc1ccc(C2CO2)cc1. The molecule has 4 aromatic heterocycles. The van der Waals surface area contributed by atoms with Gasteiger partial charge in [-0.2, -0.15) is 0 Å². The summed E-state index contributed by atoms with van der Waals surface area (Å²) in [5.74, 6) is 2.10. The number of hydrogen-bond acceptors (Lipinski definition) is 8. The zero-order chi connectivity index (χ0) is 34.5. The Morgan fingerprint density at radius 3 is 1.67 bits per heavy atom. The number of ether oxygens (including phenoxy) is 2. The minimum absolute atomic E-state index is 0.0277. The van der Waals surface area contributed by atoms with E-state index in [0.717, 1.165) is 69.5 Å². The number of pyridine rings is 2. The van der Waals surface area contributed by atoms with Gasteiger partial charge in [-0.3, -0.25) is 9.59 Å². The van der Waals surface area contributed by atoms with Crippen LogP contribution in [0.15, 0.2) is 104 Å². The Kier molecular flexibility index (Phi) is 10.4. The van der Waals surface area contributed by atoms with E-state index in [-0.39, 0.29) is 17.2 Å². The van der Waals surface area contributed by atoms with E-state index >= 15 is 0 Å². The molecule has 0 bridgehead atoms. The lowest BCUT2D eigenvalue weighted by Crippen LogP contribution is -2.19. The molecule has 1 N–H and O–H groups in total. The normalized spacial score (nSPS) is 15.9. The summed E-state index contributed by atoms with van der Waals surface area (Å²) in [6.07, 6.45) is 4.14. The van der Waals surface area contributed by atoms with Crippen LogP contribution in [0.2, 0.25) is 0 Å². The van der Waals surface area contributed by atoms with E-state index in [1.54, 1.807) is 22.9 Å². The molecule has 2 atom stereocenters. The first-order chi connectivity index (χ1) is 23.7. The highest BCUT2D eigenvalue weighted by molar-refractivity contribution is 6.17. The Morgan fingerprint density at radius 2 is 1.22 bits per heavy atom. The average Bonchev–Trinajstić information content (AvgIpc) is 4.05. The van der Waals surface area contributed by atoms with E-state index in [2.05, 4.69) is 39.6 Å². The lowest BCUT2D eigenvalue weighted by Gasteiger charge is -2.09. The van der Waals surface area contributed by atoms with Crippen LogP contribution < -0.4 is 11.1 Å². The lowest BCUT2D eigenvalue weighted by molar-refractivity contribution is 0.393. The predicted molar refractivity (Wildman–Crippen MR) is 187 cm³/mol. The molecule has 2 saturated heterocycles. The molecule has 10 nitrogen and oxygen atoms in total. The summed E-state index contributed by atoms with van der Waals surface area (Å²) >= 11 is 5.64. The molecule has 6 aromatic rings. The topological polar surface area (TPSA) is 132 Å². The molecule has 11 heteroatoms. The van der Waals surface area contributed by atoms with E-state index in [4.69, 9.17) is 30.1 Å². The largest absolute Gasteiger partial charge is 0.368 e. The fraction of sp³-hybridized carbons (Fsp3) is 0.263. The van der Waals surface area contributed by atoms with Gasteiger partial charge in [-0.15, -0.1) is 11.6 Å². The van der Waals surface area contributed by atoms with Crippen LogP contribution in [0.5, 0.6) is 0 Å². The standard InChI is InChI=1S/C19H18N2O3.C10H10N2O2.C9H9ClO/c1-12-19(13(2)24-20-12)16-7-8-18(22)21(10-16)9-14-3-5-15(6-4-14)17-11-23-17;1-6-10(7(2)14-12-6)8-3-4-9(13)11-5-8;10-5-7-1-3-8(4-2-7)9-6-11-9/h3-8,10,17H,9,11H2,1-2H3;3-5H,1-2H3,(H,11,13);1-4,9H,5-6H2. The Labute approximate surface area is 288 Å². The fourth-order valence-electron chi connectivity index (χ4n) is 5.50. The van der Waals surface area contributed by atoms with Crippen molar-refractivity contribution in [3.8, 4) is 22.3 Å². The molecule has 252 valence electrons. The van der Waals surface area contributed by atoms with E-state index < -0.39 is 0 Å². The molecule has 0 amide bonds. The molecule has 0 aliphatic carbocycles. The van der Waals surface area contributed by atoms with Crippen LogP contribution in [0.3, 0.4) is 0 Å². The molecule has 0 spiro atoms. The Balaban J connectivity index is 0.000000141. The number of aromatic nitrogens is 4. The number of benzene rings is 2. The summed E-state index contributed by atoms with van der Waals surface area (Å²) in [6, 6.07) is 23.1. The van der Waals surface area contributed by atoms with Crippen molar-refractivity contribution >= 4 is 11.6 Å². The number of nitrogens with zero attached hydrogens (tertiary/aromatic N) is 3. The van der Waals surface area contributed by atoms with Gasteiger partial charge in [-0.05, 0) is 62.1 Å². The number of nitrogens with one attached hydrogen (secondary N) is 1. The van der Waals surface area contributed by atoms with E-state index in [0.29, 0.717) is 18.5 Å². The van der Waals surface area contributed by atoms with Gasteiger partial charge in [0, 0.05) is 52.7 Å². The van der Waals surface area contributed by atoms with Crippen LogP contribution in [0.1, 0.15) is 57.4 Å². The fourth-order valence-corrected chi connectivity index (χ4v) is 5.67. The molecule has 49 heavy (non-hydrogen) atoms. The zero-order valence-electron chi connectivity index (χ0n) is 27.7. The Bertz CT molecular complexity index is 2080. The van der Waals surface area contributed by atoms with E-state index in [1.807, 2.05) is 64.2 Å². The van der Waals surface area contributed by atoms with Crippen molar-refractivity contribution in [2.45, 2.75) is 52.3 Å². The van der Waals surface area contributed by atoms with Crippen molar-refractivity contribution in [2.75, 3.05) is 13.2 Å². The van der Waals surface area contributed by atoms with Gasteiger partial charge in [0.15, 0.2) is 0 Å². The second kappa shape index (κ2) is 15.0. The number of hydrogen-bond donors (Lipinski definition) is 1. The highest BCUT2D eigenvalue weighted by Gasteiger charge is 2.25. The third-order valence-corrected chi connectivity index (χ3v) is 8.60. The number of alkyl halides is 1. The highest BCUT2D eigenvalue weighted by Crippen LogP contribution is 2.31. The van der Waals surface area contributed by atoms with Crippen molar-refractivity contribution in [1.82, 2.24) is 19.9 Å². The third kappa shape index (κ3) is 8.53. The first-order valence-corrected chi connectivity index (χ1v) is 16.5. The third-order valence-electron chi connectivity index (χ3n) is 8.29. The minimum atomic E-state index is -0.111. The van der Waals surface area contributed by atoms with Crippen molar-refractivity contribution < 1.29 is 18.5 Å². The maximum Gasteiger partial charge on any atom is 0.250 e. The molecule has 0 radical (unpaired) electrons. The molecule has 6 heterocycles. The Hall–Kier alpha value is -5.03. The van der Waals surface area contributed by atoms with Crippen LogP contribution in [-0.4, -0.2) is 33.1 Å². The highest BCUT2D eigenvalue weighted by atomic mass is 35.5. The summed E-state index contributed by atoms with van der Waals surface area (Å²) in [6.45, 7) is 9.71. The van der Waals surface area contributed by atoms with Crippen molar-refractivity contribution in [2.24, 2.45) is 0 Å². The second-order valence-corrected chi connectivity index (χ2v) is 12.3. The van der Waals surface area contributed by atoms with Gasteiger partial charge < -0.3 is 28.1 Å². The summed E-state index contributed by atoms with van der Waals surface area (Å²) in [7, 11) is 0. The second-order valence-electron chi connectivity index (χ2n) is 12.0. The van der Waals surface area contributed by atoms with Crippen LogP contribution in [0.25, 0.3) is 22.3 Å². The van der Waals surface area contributed by atoms with Crippen LogP contribution in [-0.2, 0) is 21.9 Å². The summed E-state index contributed by atoms with van der Waals surface area (Å²) < 4.78 is 22.4. The van der Waals surface area contributed by atoms with Crippen molar-refractivity contribution in [3.05, 3.63) is 151 Å². The van der Waals surface area contributed by atoms with Crippen LogP contribution in [0.4, 0.5) is 0 Å². The smallest absolute Gasteiger partial charge is 0.250 e. The van der Waals surface area contributed by atoms with Crippen LogP contribution >= 0.6 is 11.6 Å². The summed E-state index contributed by atoms with van der Waals surface area (Å²) in [4.78, 5) is 25.7. The van der Waals surface area contributed by atoms with Gasteiger partial charge >= 0.3 is 0 Å². The molecular weight excluding hydrogens is 644 g/mol. The molecule has 2 aromatic carbocycles. The number of aromatic amines is 1. The van der Waals surface area contributed by atoms with E-state index in [9.17, 15) is 9.59 Å². The molecule has 8 rings (SSSR count). The molecule has 2 fully saturated rings.